The summed E-state index contributed by atoms with van der Waals surface area (Å²) in [6.07, 6.45) is 13.6. The number of aromatic nitrogens is 1. The van der Waals surface area contributed by atoms with Crippen LogP contribution in [-0.2, 0) is 14.4 Å². The summed E-state index contributed by atoms with van der Waals surface area (Å²) in [6, 6.07) is 9.22. The second-order valence-electron chi connectivity index (χ2n) is 18.0. The number of unbranched alkanes of at least 4 members (excludes halogenated alkanes) is 1. The molecule has 4 heterocycles. The number of likely N-dealkylation sites (tertiary alicyclic amines) is 1. The van der Waals surface area contributed by atoms with Gasteiger partial charge in [0.15, 0.2) is 5.83 Å². The minimum atomic E-state index is -0.580. The molecule has 2 fully saturated rings. The normalized spacial score (nSPS) is 18.2. The van der Waals surface area contributed by atoms with Crippen molar-refractivity contribution in [2.24, 2.45) is 5.92 Å². The maximum atomic E-state index is 16.0. The number of pyridine rings is 1. The van der Waals surface area contributed by atoms with E-state index < -0.39 is 23.6 Å². The summed E-state index contributed by atoms with van der Waals surface area (Å²) in [4.78, 5) is 58.3. The lowest BCUT2D eigenvalue weighted by molar-refractivity contribution is -0.133. The molecule has 0 bridgehead atoms. The number of aldehydes is 1. The zero-order valence-electron chi connectivity index (χ0n) is 40.1. The summed E-state index contributed by atoms with van der Waals surface area (Å²) in [7, 11) is 3.30. The number of carbonyl (C=O) groups excluding carboxylic acids is 4. The van der Waals surface area contributed by atoms with Crippen molar-refractivity contribution >= 4 is 52.7 Å². The molecule has 0 radical (unpaired) electrons. The van der Waals surface area contributed by atoms with Gasteiger partial charge in [-0.25, -0.2) is 13.2 Å². The van der Waals surface area contributed by atoms with Crippen LogP contribution in [0, 0.1) is 31.4 Å². The number of likely N-dealkylation sites (N-methyl/N-ethyl adjacent to an activating group) is 1. The van der Waals surface area contributed by atoms with E-state index >= 15 is 4.39 Å². The Kier molecular flexibility index (Phi) is 18.2. The van der Waals surface area contributed by atoms with Gasteiger partial charge in [-0.15, -0.1) is 0 Å². The Bertz CT molecular complexity index is 2420. The zero-order valence-corrected chi connectivity index (χ0v) is 40.1. The number of amides is 3. The number of rotatable bonds is 20. The van der Waals surface area contributed by atoms with Gasteiger partial charge in [-0.2, -0.15) is 0 Å². The number of carbonyl (C=O) groups is 4. The minimum Gasteiger partial charge on any atom is -0.386 e. The molecule has 68 heavy (non-hydrogen) atoms. The second kappa shape index (κ2) is 24.2. The Labute approximate surface area is 398 Å². The van der Waals surface area contributed by atoms with E-state index in [-0.39, 0.29) is 35.8 Å². The molecule has 3 aromatic rings. The van der Waals surface area contributed by atoms with E-state index in [4.69, 9.17) is 0 Å². The van der Waals surface area contributed by atoms with Crippen LogP contribution in [0.15, 0.2) is 78.0 Å². The van der Waals surface area contributed by atoms with Crippen LogP contribution in [0.25, 0.3) is 11.6 Å². The van der Waals surface area contributed by atoms with E-state index in [2.05, 4.69) is 62.5 Å². The first-order valence-corrected chi connectivity index (χ1v) is 23.6. The third-order valence-corrected chi connectivity index (χ3v) is 13.3. The first-order chi connectivity index (χ1) is 32.7. The first kappa shape index (κ1) is 51.1. The SMILES string of the molecule is CNC(=C/C=O)/C(F)=C\N(C)c1ccnc(C)c1/C=C(\C)C(C)N1CC=C(c2c(C)cc(C(=O)N3CCC(CNCCCCNc4ccc(NC5CCC(=O)NC5=O)cc4F)CC3)cc2F)CC1. The fourth-order valence-corrected chi connectivity index (χ4v) is 9.09. The highest BCUT2D eigenvalue weighted by atomic mass is 19.1. The highest BCUT2D eigenvalue weighted by Crippen LogP contribution is 2.32. The number of halogens is 3. The number of nitrogens with one attached hydrogen (secondary N) is 5. The van der Waals surface area contributed by atoms with Crippen molar-refractivity contribution in [3.8, 4) is 0 Å². The Morgan fingerprint density at radius 3 is 2.46 bits per heavy atom. The maximum absolute atomic E-state index is 16.0. The van der Waals surface area contributed by atoms with Crippen LogP contribution in [0.2, 0.25) is 0 Å². The standard InChI is InChI=1S/C52H66F3N9O4/c1-33(28-41-35(3)58-21-13-48(41)62(6)32-44(55)45(56-5)18-26-65)36(4)63-24-16-38(17-25-63)50-34(2)27-39(29-43(50)54)52(68)64-22-14-37(15-23-64)31-57-19-7-8-20-59-46-10-9-40(30-42(46)53)60-47-11-12-49(66)61-51(47)67/h9-10,13,16,18,21,26-30,32,36-37,47,56-57,59-60H,7-8,11-12,14-15,17,19-20,22-25,31H2,1-6H3,(H,61,66,67)/b33-28+,44-32+,45-18+. The smallest absolute Gasteiger partial charge is 0.253 e. The van der Waals surface area contributed by atoms with Crippen LogP contribution in [0.3, 0.4) is 0 Å². The molecule has 5 N–H and O–H groups in total. The zero-order chi connectivity index (χ0) is 48.9. The minimum absolute atomic E-state index is 0.0493. The fourth-order valence-electron chi connectivity index (χ4n) is 9.09. The molecule has 1 aromatic heterocycles. The number of nitrogens with zero attached hydrogens (tertiary/aromatic N) is 4. The summed E-state index contributed by atoms with van der Waals surface area (Å²) in [5, 5.41) is 14.7. The number of piperidine rings is 2. The van der Waals surface area contributed by atoms with Gasteiger partial charge in [0.05, 0.1) is 17.1 Å². The summed E-state index contributed by atoms with van der Waals surface area (Å²) in [6.45, 7) is 12.8. The van der Waals surface area contributed by atoms with Gasteiger partial charge >= 0.3 is 0 Å². The average molecular weight is 938 g/mol. The molecule has 0 saturated carbocycles. The molecule has 3 aliphatic heterocycles. The van der Waals surface area contributed by atoms with E-state index in [0.717, 1.165) is 78.5 Å². The first-order valence-electron chi connectivity index (χ1n) is 23.6. The molecule has 2 saturated heterocycles. The van der Waals surface area contributed by atoms with Crippen molar-refractivity contribution in [2.75, 3.05) is 75.4 Å². The molecule has 2 atom stereocenters. The summed E-state index contributed by atoms with van der Waals surface area (Å²) in [5.74, 6) is -1.80. The number of hydrogen-bond acceptors (Lipinski definition) is 11. The van der Waals surface area contributed by atoms with Crippen LogP contribution in [0.5, 0.6) is 0 Å². The second-order valence-corrected chi connectivity index (χ2v) is 18.0. The van der Waals surface area contributed by atoms with Crippen LogP contribution in [0.1, 0.15) is 91.5 Å². The van der Waals surface area contributed by atoms with E-state index in [9.17, 15) is 28.0 Å². The predicted molar refractivity (Wildman–Crippen MR) is 264 cm³/mol. The topological polar surface area (TPSA) is 151 Å². The quantitative estimate of drug-likeness (QED) is 0.0250. The van der Waals surface area contributed by atoms with Gasteiger partial charge < -0.3 is 31.1 Å². The Balaban J connectivity index is 0.930. The van der Waals surface area contributed by atoms with Gasteiger partial charge in [0.2, 0.25) is 11.8 Å². The third kappa shape index (κ3) is 13.2. The van der Waals surface area contributed by atoms with Crippen molar-refractivity contribution < 1.29 is 32.3 Å². The molecular weight excluding hydrogens is 872 g/mol. The van der Waals surface area contributed by atoms with Gasteiger partial charge in [-0.05, 0) is 133 Å². The van der Waals surface area contributed by atoms with E-state index in [1.54, 1.807) is 37.3 Å². The lowest BCUT2D eigenvalue weighted by Gasteiger charge is -2.33. The summed E-state index contributed by atoms with van der Waals surface area (Å²) >= 11 is 0. The van der Waals surface area contributed by atoms with E-state index in [1.165, 1.54) is 18.3 Å². The van der Waals surface area contributed by atoms with Crippen molar-refractivity contribution in [3.05, 3.63) is 118 Å². The molecular formula is C52H66F3N9O4. The third-order valence-electron chi connectivity index (χ3n) is 13.3. The predicted octanol–water partition coefficient (Wildman–Crippen LogP) is 7.66. The van der Waals surface area contributed by atoms with Crippen LogP contribution in [-0.4, -0.2) is 111 Å². The highest BCUT2D eigenvalue weighted by molar-refractivity contribution is 6.01. The molecule has 6 rings (SSSR count). The summed E-state index contributed by atoms with van der Waals surface area (Å²) in [5.41, 5.74) is 7.05. The number of imide groups is 1. The number of benzene rings is 2. The molecule has 3 aliphatic rings. The number of anilines is 3. The van der Waals surface area contributed by atoms with Gasteiger partial charge in [0, 0.05) is 106 Å². The van der Waals surface area contributed by atoms with Crippen LogP contribution >= 0.6 is 0 Å². The lowest BCUT2D eigenvalue weighted by atomic mass is 9.91. The molecule has 13 nitrogen and oxygen atoms in total. The molecule has 3 amide bonds. The Morgan fingerprint density at radius 2 is 1.78 bits per heavy atom. The van der Waals surface area contributed by atoms with Gasteiger partial charge in [-0.1, -0.05) is 17.7 Å². The van der Waals surface area contributed by atoms with Crippen molar-refractivity contribution in [1.29, 1.82) is 0 Å². The van der Waals surface area contributed by atoms with Crippen molar-refractivity contribution in [3.63, 3.8) is 0 Å². The van der Waals surface area contributed by atoms with Gasteiger partial charge in [0.25, 0.3) is 5.91 Å². The van der Waals surface area contributed by atoms with Gasteiger partial charge in [-0.3, -0.25) is 34.4 Å². The van der Waals surface area contributed by atoms with Crippen LogP contribution in [0.4, 0.5) is 30.2 Å². The fraction of sp³-hybridized carbons (Fsp3) is 0.442. The monoisotopic (exact) mass is 938 g/mol. The molecule has 16 heteroatoms. The largest absolute Gasteiger partial charge is 0.386 e. The summed E-state index contributed by atoms with van der Waals surface area (Å²) < 4.78 is 45.7. The molecule has 2 unspecified atom stereocenters. The number of aryl methyl sites for hydroxylation is 2. The van der Waals surface area contributed by atoms with E-state index in [1.807, 2.05) is 30.9 Å². The number of hydrogen-bond donors (Lipinski definition) is 5. The molecule has 0 spiro atoms. The Morgan fingerprint density at radius 1 is 1.01 bits per heavy atom. The Hall–Kier alpha value is -6.26. The molecule has 364 valence electrons. The molecule has 0 aliphatic carbocycles. The van der Waals surface area contributed by atoms with Crippen LogP contribution < -0.4 is 31.5 Å². The highest BCUT2D eigenvalue weighted by Gasteiger charge is 2.28. The van der Waals surface area contributed by atoms with Crippen molar-refractivity contribution in [1.82, 2.24) is 30.7 Å². The van der Waals surface area contributed by atoms with Crippen molar-refractivity contribution in [2.45, 2.75) is 84.7 Å². The van der Waals surface area contributed by atoms with E-state index in [0.29, 0.717) is 80.3 Å². The lowest BCUT2D eigenvalue weighted by Crippen LogP contribution is -2.47. The maximum Gasteiger partial charge on any atom is 0.253 e. The van der Waals surface area contributed by atoms with Gasteiger partial charge in [0.1, 0.15) is 24.0 Å². The average Bonchev–Trinajstić information content (AvgIpc) is 3.32. The number of allylic oxidation sites excluding steroid dienone is 2. The molecule has 2 aromatic carbocycles.